The van der Waals surface area contributed by atoms with Crippen molar-refractivity contribution in [2.75, 3.05) is 13.3 Å². The van der Waals surface area contributed by atoms with Gasteiger partial charge in [-0.25, -0.2) is 8.78 Å². The van der Waals surface area contributed by atoms with Crippen molar-refractivity contribution >= 4 is 18.1 Å². The molecule has 4 nitrogen and oxygen atoms in total. The van der Waals surface area contributed by atoms with Crippen LogP contribution in [0.1, 0.15) is 12.0 Å². The minimum atomic E-state index is -2.95. The molecule has 0 unspecified atom stereocenters. The summed E-state index contributed by atoms with van der Waals surface area (Å²) in [5.74, 6) is 0. The molecule has 88 valence electrons. The number of hydrogen-bond acceptors (Lipinski definition) is 3. The lowest BCUT2D eigenvalue weighted by Crippen LogP contribution is -2.07. The van der Waals surface area contributed by atoms with Crippen molar-refractivity contribution < 1.29 is 18.3 Å². The number of nitro groups is 1. The minimum absolute atomic E-state index is 0.216. The fourth-order valence-corrected chi connectivity index (χ4v) is 2.10. The van der Waals surface area contributed by atoms with Crippen molar-refractivity contribution in [3.63, 3.8) is 0 Å². The Morgan fingerprint density at radius 2 is 1.94 bits per heavy atom. The molecule has 0 N–H and O–H groups in total. The van der Waals surface area contributed by atoms with Gasteiger partial charge < -0.3 is 4.57 Å². The van der Waals surface area contributed by atoms with E-state index in [0.29, 0.717) is 0 Å². The molecule has 0 aliphatic heterocycles. The lowest BCUT2D eigenvalue weighted by Gasteiger charge is -2.09. The maximum atomic E-state index is 12.6. The van der Waals surface area contributed by atoms with Gasteiger partial charge in [-0.05, 0) is 25.5 Å². The van der Waals surface area contributed by atoms with E-state index in [-0.39, 0.29) is 5.30 Å². The van der Waals surface area contributed by atoms with E-state index >= 15 is 0 Å². The molecule has 0 saturated heterocycles. The Balaban J connectivity index is 3.40. The fraction of sp³-hybridized carbons (Fsp3) is 0.333. The van der Waals surface area contributed by atoms with Crippen LogP contribution in [0.2, 0.25) is 0 Å². The normalized spacial score (nSPS) is 11.8. The predicted molar refractivity (Wildman–Crippen MR) is 57.1 cm³/mol. The molecule has 0 radical (unpaired) electrons. The highest BCUT2D eigenvalue weighted by molar-refractivity contribution is 7.70. The Hall–Kier alpha value is -1.29. The van der Waals surface area contributed by atoms with Crippen LogP contribution in [0.15, 0.2) is 18.2 Å². The summed E-state index contributed by atoms with van der Waals surface area (Å²) in [6.45, 7) is 2.84. The van der Waals surface area contributed by atoms with Gasteiger partial charge in [-0.15, -0.1) is 0 Å². The quantitative estimate of drug-likeness (QED) is 0.470. The molecular formula is C9H10F2NO3P. The van der Waals surface area contributed by atoms with E-state index in [1.165, 1.54) is 19.4 Å². The Morgan fingerprint density at radius 3 is 2.31 bits per heavy atom. The number of halogens is 2. The van der Waals surface area contributed by atoms with Crippen LogP contribution in [-0.4, -0.2) is 18.3 Å². The molecule has 1 rings (SSSR count). The average molecular weight is 249 g/mol. The third-order valence-electron chi connectivity index (χ3n) is 2.06. The fourth-order valence-electron chi connectivity index (χ4n) is 1.22. The zero-order chi connectivity index (χ0) is 12.5. The van der Waals surface area contributed by atoms with Crippen LogP contribution in [0.3, 0.4) is 0 Å². The van der Waals surface area contributed by atoms with Gasteiger partial charge in [0.2, 0.25) is 0 Å². The van der Waals surface area contributed by atoms with Crippen molar-refractivity contribution in [1.29, 1.82) is 0 Å². The van der Waals surface area contributed by atoms with Gasteiger partial charge in [0.25, 0.3) is 12.1 Å². The monoisotopic (exact) mass is 249 g/mol. The van der Waals surface area contributed by atoms with Crippen LogP contribution in [0.5, 0.6) is 0 Å². The molecule has 1 aromatic rings. The molecule has 0 bridgehead atoms. The average Bonchev–Trinajstić information content (AvgIpc) is 2.15. The molecule has 0 amide bonds. The van der Waals surface area contributed by atoms with Gasteiger partial charge in [0, 0.05) is 11.4 Å². The standard InChI is InChI=1S/C9H10F2NO3P/c1-16(2,15)6-3-4-8(12(13)14)7(5-6)9(10)11/h3-5,9H,1-2H3. The van der Waals surface area contributed by atoms with Gasteiger partial charge in [-0.3, -0.25) is 10.1 Å². The summed E-state index contributed by atoms with van der Waals surface area (Å²) < 4.78 is 36.8. The molecule has 0 heterocycles. The summed E-state index contributed by atoms with van der Waals surface area (Å²) >= 11 is 0. The SMILES string of the molecule is CP(C)(=O)c1ccc([N+](=O)[O-])c(C(F)F)c1. The first kappa shape index (κ1) is 12.8. The molecule has 0 fully saturated rings. The molecule has 0 aromatic heterocycles. The minimum Gasteiger partial charge on any atom is -0.319 e. The number of rotatable bonds is 3. The van der Waals surface area contributed by atoms with Crippen molar-refractivity contribution in [3.8, 4) is 0 Å². The van der Waals surface area contributed by atoms with E-state index in [1.807, 2.05) is 0 Å². The second kappa shape index (κ2) is 4.29. The first-order valence-electron chi connectivity index (χ1n) is 4.35. The number of nitro benzene ring substituents is 1. The number of nitrogens with zero attached hydrogens (tertiary/aromatic N) is 1. The van der Waals surface area contributed by atoms with Gasteiger partial charge in [-0.1, -0.05) is 0 Å². The summed E-state index contributed by atoms with van der Waals surface area (Å²) in [7, 11) is -2.69. The summed E-state index contributed by atoms with van der Waals surface area (Å²) in [4.78, 5) is 9.62. The van der Waals surface area contributed by atoms with Crippen LogP contribution >= 0.6 is 7.14 Å². The molecule has 7 heteroatoms. The maximum absolute atomic E-state index is 12.6. The highest BCUT2D eigenvalue weighted by Gasteiger charge is 2.24. The Bertz CT molecular complexity index is 470. The maximum Gasteiger partial charge on any atom is 0.278 e. The lowest BCUT2D eigenvalue weighted by molar-refractivity contribution is -0.386. The lowest BCUT2D eigenvalue weighted by atomic mass is 10.2. The zero-order valence-corrected chi connectivity index (χ0v) is 9.58. The van der Waals surface area contributed by atoms with E-state index in [2.05, 4.69) is 0 Å². The van der Waals surface area contributed by atoms with E-state index in [9.17, 15) is 23.5 Å². The van der Waals surface area contributed by atoms with E-state index in [4.69, 9.17) is 0 Å². The smallest absolute Gasteiger partial charge is 0.278 e. The first-order chi connectivity index (χ1) is 7.23. The van der Waals surface area contributed by atoms with Crippen LogP contribution in [0, 0.1) is 10.1 Å². The van der Waals surface area contributed by atoms with Gasteiger partial charge >= 0.3 is 0 Å². The summed E-state index contributed by atoms with van der Waals surface area (Å²) in [6.07, 6.45) is -2.95. The van der Waals surface area contributed by atoms with Crippen LogP contribution in [0.4, 0.5) is 14.5 Å². The topological polar surface area (TPSA) is 60.2 Å². The second-order valence-electron chi connectivity index (χ2n) is 3.65. The van der Waals surface area contributed by atoms with E-state index in [0.717, 1.165) is 12.1 Å². The van der Waals surface area contributed by atoms with Crippen molar-refractivity contribution in [2.45, 2.75) is 6.43 Å². The molecule has 0 aliphatic rings. The van der Waals surface area contributed by atoms with Crippen molar-refractivity contribution in [3.05, 3.63) is 33.9 Å². The largest absolute Gasteiger partial charge is 0.319 e. The summed E-state index contributed by atoms with van der Waals surface area (Å²) in [5.41, 5.74) is -1.33. The summed E-state index contributed by atoms with van der Waals surface area (Å²) in [6, 6.07) is 3.17. The van der Waals surface area contributed by atoms with Gasteiger partial charge in [0.15, 0.2) is 0 Å². The molecule has 0 atom stereocenters. The summed E-state index contributed by atoms with van der Waals surface area (Å²) in [5, 5.41) is 10.7. The van der Waals surface area contributed by atoms with E-state index < -0.39 is 29.7 Å². The van der Waals surface area contributed by atoms with Crippen LogP contribution < -0.4 is 5.30 Å². The Labute approximate surface area is 90.8 Å². The van der Waals surface area contributed by atoms with Gasteiger partial charge in [-0.2, -0.15) is 0 Å². The predicted octanol–water partition coefficient (Wildman–Crippen LogP) is 2.78. The third kappa shape index (κ3) is 2.64. The number of hydrogen-bond donors (Lipinski definition) is 0. The zero-order valence-electron chi connectivity index (χ0n) is 8.68. The molecule has 0 saturated carbocycles. The first-order valence-corrected chi connectivity index (χ1v) is 6.95. The third-order valence-corrected chi connectivity index (χ3v) is 3.59. The molecule has 16 heavy (non-hydrogen) atoms. The number of benzene rings is 1. The molecular weight excluding hydrogens is 239 g/mol. The number of alkyl halides is 2. The highest BCUT2D eigenvalue weighted by Crippen LogP contribution is 2.37. The van der Waals surface area contributed by atoms with E-state index in [1.54, 1.807) is 0 Å². The molecule has 0 spiro atoms. The van der Waals surface area contributed by atoms with Crippen molar-refractivity contribution in [1.82, 2.24) is 0 Å². The Morgan fingerprint density at radius 1 is 1.38 bits per heavy atom. The second-order valence-corrected chi connectivity index (χ2v) is 6.87. The Kier molecular flexibility index (Phi) is 3.43. The van der Waals surface area contributed by atoms with Crippen LogP contribution in [0.25, 0.3) is 0 Å². The van der Waals surface area contributed by atoms with Gasteiger partial charge in [0.05, 0.1) is 10.5 Å². The highest BCUT2D eigenvalue weighted by atomic mass is 31.2. The molecule has 0 aliphatic carbocycles. The van der Waals surface area contributed by atoms with Crippen LogP contribution in [-0.2, 0) is 4.57 Å². The van der Waals surface area contributed by atoms with Gasteiger partial charge in [0.1, 0.15) is 7.14 Å². The molecule has 1 aromatic carbocycles. The van der Waals surface area contributed by atoms with Crippen molar-refractivity contribution in [2.24, 2.45) is 0 Å².